The fourth-order valence-corrected chi connectivity index (χ4v) is 0.705. The van der Waals surface area contributed by atoms with E-state index in [0.717, 1.165) is 6.42 Å². The molecule has 1 aliphatic carbocycles. The molecule has 1 heteroatoms. The Kier molecular flexibility index (Phi) is 1.33. The normalized spacial score (nSPS) is 21.0. The molecule has 0 bridgehead atoms. The molecule has 0 aromatic rings. The molecule has 0 atom stereocenters. The van der Waals surface area contributed by atoms with Gasteiger partial charge in [-0.3, -0.25) is 0 Å². The van der Waals surface area contributed by atoms with Crippen molar-refractivity contribution in [2.75, 3.05) is 0 Å². The van der Waals surface area contributed by atoms with E-state index in [-0.39, 0.29) is 0 Å². The molecular weight excluding hydrogens is 88.1 g/mol. The van der Waals surface area contributed by atoms with Gasteiger partial charge in [0.1, 0.15) is 0 Å². The van der Waals surface area contributed by atoms with Gasteiger partial charge in [0, 0.05) is 0 Å². The number of aliphatic hydroxyl groups is 1. The summed E-state index contributed by atoms with van der Waals surface area (Å²) < 4.78 is 0. The number of hydrogen-bond donors (Lipinski definition) is 1. The van der Waals surface area contributed by atoms with Crippen molar-refractivity contribution in [3.05, 3.63) is 6.10 Å². The first kappa shape index (κ1) is 5.10. The maximum atomic E-state index is 8.91. The van der Waals surface area contributed by atoms with Gasteiger partial charge in [0.2, 0.25) is 0 Å². The summed E-state index contributed by atoms with van der Waals surface area (Å²) >= 11 is 0. The fourth-order valence-electron chi connectivity index (χ4n) is 0.705. The first-order chi connectivity index (χ1) is 3.34. The zero-order valence-corrected chi connectivity index (χ0v) is 4.65. The molecule has 0 amide bonds. The van der Waals surface area contributed by atoms with E-state index < -0.39 is 0 Å². The first-order valence-electron chi connectivity index (χ1n) is 2.89. The molecule has 0 saturated heterocycles. The number of hydrogen-bond acceptors (Lipinski definition) is 1. The molecule has 1 saturated carbocycles. The third kappa shape index (κ3) is 1.16. The topological polar surface area (TPSA) is 20.2 Å². The average molecular weight is 99.2 g/mol. The monoisotopic (exact) mass is 99.1 g/mol. The van der Waals surface area contributed by atoms with Gasteiger partial charge >= 0.3 is 0 Å². The van der Waals surface area contributed by atoms with Crippen LogP contribution in [0.5, 0.6) is 0 Å². The van der Waals surface area contributed by atoms with Crippen LogP contribution in [0.1, 0.15) is 26.2 Å². The molecule has 41 valence electrons. The van der Waals surface area contributed by atoms with Crippen LogP contribution >= 0.6 is 0 Å². The van der Waals surface area contributed by atoms with Crippen LogP contribution in [0.3, 0.4) is 0 Å². The highest BCUT2D eigenvalue weighted by Crippen LogP contribution is 2.37. The SMILES string of the molecule is CC[C](O)C1CC1. The molecular formula is C6H11O. The van der Waals surface area contributed by atoms with E-state index in [1.807, 2.05) is 6.92 Å². The lowest BCUT2D eigenvalue weighted by Crippen LogP contribution is -1.93. The predicted octanol–water partition coefficient (Wildman–Crippen LogP) is 1.71. The Morgan fingerprint density at radius 2 is 2.29 bits per heavy atom. The molecule has 1 radical (unpaired) electrons. The van der Waals surface area contributed by atoms with Crippen LogP contribution in [0.4, 0.5) is 0 Å². The Labute approximate surface area is 44.4 Å². The van der Waals surface area contributed by atoms with Crippen LogP contribution in [-0.4, -0.2) is 5.11 Å². The van der Waals surface area contributed by atoms with E-state index in [0.29, 0.717) is 12.0 Å². The van der Waals surface area contributed by atoms with Crippen LogP contribution in [0.2, 0.25) is 0 Å². The minimum absolute atomic E-state index is 0.588. The second-order valence-electron chi connectivity index (χ2n) is 2.12. The highest BCUT2D eigenvalue weighted by Gasteiger charge is 2.28. The quantitative estimate of drug-likeness (QED) is 0.558. The van der Waals surface area contributed by atoms with E-state index in [1.54, 1.807) is 0 Å². The van der Waals surface area contributed by atoms with Gasteiger partial charge < -0.3 is 5.11 Å². The zero-order chi connectivity index (χ0) is 5.28. The molecule has 0 aromatic carbocycles. The minimum atomic E-state index is 0.588. The highest BCUT2D eigenvalue weighted by molar-refractivity contribution is 4.92. The molecule has 0 aromatic heterocycles. The zero-order valence-electron chi connectivity index (χ0n) is 4.65. The fraction of sp³-hybridized carbons (Fsp3) is 0.833. The molecule has 1 fully saturated rings. The van der Waals surface area contributed by atoms with Gasteiger partial charge in [-0.25, -0.2) is 0 Å². The lowest BCUT2D eigenvalue weighted by atomic mass is 10.2. The summed E-state index contributed by atoms with van der Waals surface area (Å²) in [5.41, 5.74) is 0. The van der Waals surface area contributed by atoms with E-state index >= 15 is 0 Å². The van der Waals surface area contributed by atoms with Gasteiger partial charge in [0.25, 0.3) is 0 Å². The second-order valence-corrected chi connectivity index (χ2v) is 2.12. The molecule has 0 spiro atoms. The maximum absolute atomic E-state index is 8.91. The van der Waals surface area contributed by atoms with Crippen molar-refractivity contribution >= 4 is 0 Å². The lowest BCUT2D eigenvalue weighted by Gasteiger charge is -1.99. The third-order valence-electron chi connectivity index (χ3n) is 1.41. The lowest BCUT2D eigenvalue weighted by molar-refractivity contribution is 0.263. The summed E-state index contributed by atoms with van der Waals surface area (Å²) in [6.07, 6.45) is 4.00. The van der Waals surface area contributed by atoms with Crippen molar-refractivity contribution in [3.8, 4) is 0 Å². The summed E-state index contributed by atoms with van der Waals surface area (Å²) in [7, 11) is 0. The van der Waals surface area contributed by atoms with Crippen LogP contribution < -0.4 is 0 Å². The Morgan fingerprint density at radius 3 is 2.43 bits per heavy atom. The van der Waals surface area contributed by atoms with Gasteiger partial charge in [0.15, 0.2) is 0 Å². The summed E-state index contributed by atoms with van der Waals surface area (Å²) in [5, 5.41) is 8.91. The smallest absolute Gasteiger partial charge is 0.0961 e. The highest BCUT2D eigenvalue weighted by atomic mass is 16.3. The molecule has 1 aliphatic rings. The van der Waals surface area contributed by atoms with Crippen molar-refractivity contribution in [2.24, 2.45) is 5.92 Å². The summed E-state index contributed by atoms with van der Waals surface area (Å²) in [6, 6.07) is 0. The van der Waals surface area contributed by atoms with Gasteiger partial charge in [-0.2, -0.15) is 0 Å². The summed E-state index contributed by atoms with van der Waals surface area (Å²) in [5.74, 6) is 0.588. The average Bonchev–Trinajstić information content (AvgIpc) is 2.44. The molecule has 1 rings (SSSR count). The summed E-state index contributed by atoms with van der Waals surface area (Å²) in [4.78, 5) is 0. The molecule has 1 N–H and O–H groups in total. The maximum Gasteiger partial charge on any atom is 0.0961 e. The van der Waals surface area contributed by atoms with Gasteiger partial charge in [0.05, 0.1) is 6.10 Å². The van der Waals surface area contributed by atoms with Gasteiger partial charge in [-0.1, -0.05) is 6.92 Å². The Morgan fingerprint density at radius 1 is 1.71 bits per heavy atom. The Bertz CT molecular complexity index is 57.2. The Hall–Kier alpha value is -0.0400. The van der Waals surface area contributed by atoms with Gasteiger partial charge in [-0.15, -0.1) is 0 Å². The van der Waals surface area contributed by atoms with Crippen LogP contribution in [0, 0.1) is 12.0 Å². The predicted molar refractivity (Wildman–Crippen MR) is 28.2 cm³/mol. The molecule has 0 heterocycles. The van der Waals surface area contributed by atoms with E-state index in [1.165, 1.54) is 12.8 Å². The molecule has 0 aliphatic heterocycles. The molecule has 1 nitrogen and oxygen atoms in total. The standard InChI is InChI=1S/C6H11O/c1-2-6(7)5-3-4-5/h5,7H,2-4H2,1H3. The van der Waals surface area contributed by atoms with Crippen molar-refractivity contribution in [1.29, 1.82) is 0 Å². The van der Waals surface area contributed by atoms with Gasteiger partial charge in [-0.05, 0) is 25.2 Å². The molecule has 7 heavy (non-hydrogen) atoms. The molecule has 0 unspecified atom stereocenters. The summed E-state index contributed by atoms with van der Waals surface area (Å²) in [6.45, 7) is 1.99. The largest absolute Gasteiger partial charge is 0.387 e. The number of aliphatic hydroxyl groups excluding tert-OH is 1. The van der Waals surface area contributed by atoms with Crippen LogP contribution in [-0.2, 0) is 0 Å². The van der Waals surface area contributed by atoms with E-state index in [4.69, 9.17) is 5.11 Å². The third-order valence-corrected chi connectivity index (χ3v) is 1.41. The number of rotatable bonds is 2. The first-order valence-corrected chi connectivity index (χ1v) is 2.89. The van der Waals surface area contributed by atoms with Crippen LogP contribution in [0.15, 0.2) is 0 Å². The van der Waals surface area contributed by atoms with E-state index in [9.17, 15) is 0 Å². The Balaban J connectivity index is 2.10. The van der Waals surface area contributed by atoms with E-state index in [2.05, 4.69) is 0 Å². The second kappa shape index (κ2) is 1.83. The van der Waals surface area contributed by atoms with Crippen molar-refractivity contribution in [3.63, 3.8) is 0 Å². The van der Waals surface area contributed by atoms with Crippen molar-refractivity contribution in [1.82, 2.24) is 0 Å². The van der Waals surface area contributed by atoms with Crippen LogP contribution in [0.25, 0.3) is 0 Å². The van der Waals surface area contributed by atoms with Crippen molar-refractivity contribution < 1.29 is 5.11 Å². The minimum Gasteiger partial charge on any atom is -0.387 e. The van der Waals surface area contributed by atoms with Crippen molar-refractivity contribution in [2.45, 2.75) is 26.2 Å².